The van der Waals surface area contributed by atoms with Crippen molar-refractivity contribution in [3.05, 3.63) is 92.5 Å². The standard InChI is InChI=1S/C33H35FN8O3/c1-33(2,3)21-15-20-18-35-42(32(45)29(20)23(34)16-21)27-8-6-7-22(30(27)43)25-17-26(31(44)41(5)39-25)36-28-10-9-24(37-38-28)19-11-13-40(4)14-12-19/h6-10,15-19,43H,11-14H2,1-5H3,(H,36,38). The number of phenols is 1. The van der Waals surface area contributed by atoms with E-state index in [1.807, 2.05) is 26.8 Å². The zero-order valence-corrected chi connectivity index (χ0v) is 25.9. The molecule has 2 N–H and O–H groups in total. The molecule has 0 aliphatic carbocycles. The summed E-state index contributed by atoms with van der Waals surface area (Å²) in [6, 6.07) is 13.1. The van der Waals surface area contributed by atoms with E-state index in [1.165, 1.54) is 31.4 Å². The summed E-state index contributed by atoms with van der Waals surface area (Å²) >= 11 is 0. The van der Waals surface area contributed by atoms with Crippen molar-refractivity contribution in [3.63, 3.8) is 0 Å². The lowest BCUT2D eigenvalue weighted by Gasteiger charge is -2.28. The lowest BCUT2D eigenvalue weighted by molar-refractivity contribution is 0.253. The van der Waals surface area contributed by atoms with Crippen LogP contribution in [0.4, 0.5) is 15.9 Å². The Balaban J connectivity index is 1.34. The molecule has 0 saturated carbocycles. The fraction of sp³-hybridized carbons (Fsp3) is 0.333. The second-order valence-corrected chi connectivity index (χ2v) is 12.6. The quantitative estimate of drug-likeness (QED) is 0.292. The number of phenolic OH excluding ortho intramolecular Hbond substituents is 1. The molecular weight excluding hydrogens is 575 g/mol. The van der Waals surface area contributed by atoms with E-state index in [1.54, 1.807) is 24.3 Å². The van der Waals surface area contributed by atoms with Crippen LogP contribution in [0.15, 0.2) is 64.3 Å². The maximum atomic E-state index is 15.3. The van der Waals surface area contributed by atoms with E-state index in [0.29, 0.717) is 17.1 Å². The average molecular weight is 611 g/mol. The number of hydrogen-bond donors (Lipinski definition) is 2. The van der Waals surface area contributed by atoms with E-state index in [9.17, 15) is 14.7 Å². The van der Waals surface area contributed by atoms with Crippen LogP contribution < -0.4 is 16.4 Å². The van der Waals surface area contributed by atoms with Crippen molar-refractivity contribution in [1.29, 1.82) is 0 Å². The van der Waals surface area contributed by atoms with Gasteiger partial charge in [-0.15, -0.1) is 5.10 Å². The smallest absolute Gasteiger partial charge is 0.290 e. The van der Waals surface area contributed by atoms with Crippen LogP contribution >= 0.6 is 0 Å². The number of aromatic nitrogens is 6. The van der Waals surface area contributed by atoms with Crippen LogP contribution in [0.2, 0.25) is 0 Å². The highest BCUT2D eigenvalue weighted by molar-refractivity contribution is 5.83. The van der Waals surface area contributed by atoms with Crippen LogP contribution in [0.5, 0.6) is 5.75 Å². The first kappa shape index (κ1) is 30.1. The SMILES string of the molecule is CN1CCC(c2ccc(Nc3cc(-c4cccc(-n5ncc6cc(C(C)(C)C)cc(F)c6c5=O)c4O)nn(C)c3=O)nn2)CC1. The Morgan fingerprint density at radius 3 is 2.42 bits per heavy atom. The van der Waals surface area contributed by atoms with Crippen molar-refractivity contribution in [2.45, 2.75) is 44.9 Å². The molecule has 2 aromatic carbocycles. The molecule has 11 nitrogen and oxygen atoms in total. The number of halogens is 1. The predicted molar refractivity (Wildman–Crippen MR) is 171 cm³/mol. The molecule has 3 aromatic heterocycles. The highest BCUT2D eigenvalue weighted by Crippen LogP contribution is 2.34. The van der Waals surface area contributed by atoms with Gasteiger partial charge >= 0.3 is 0 Å². The zero-order chi connectivity index (χ0) is 32.0. The first-order valence-corrected chi connectivity index (χ1v) is 14.8. The van der Waals surface area contributed by atoms with Crippen LogP contribution in [-0.2, 0) is 12.5 Å². The fourth-order valence-electron chi connectivity index (χ4n) is 5.65. The van der Waals surface area contributed by atoms with Gasteiger partial charge in [-0.2, -0.15) is 20.0 Å². The molecule has 1 fully saturated rings. The molecule has 4 heterocycles. The third-order valence-electron chi connectivity index (χ3n) is 8.37. The largest absolute Gasteiger partial charge is 0.505 e. The summed E-state index contributed by atoms with van der Waals surface area (Å²) in [5.41, 5.74) is 0.924. The lowest BCUT2D eigenvalue weighted by atomic mass is 9.86. The maximum Gasteiger partial charge on any atom is 0.290 e. The van der Waals surface area contributed by atoms with Gasteiger partial charge < -0.3 is 15.3 Å². The van der Waals surface area contributed by atoms with E-state index in [-0.39, 0.29) is 39.2 Å². The molecule has 6 rings (SSSR count). The molecular formula is C33H35FN8O3. The van der Waals surface area contributed by atoms with Gasteiger partial charge in [-0.05, 0) is 86.4 Å². The zero-order valence-electron chi connectivity index (χ0n) is 25.9. The van der Waals surface area contributed by atoms with E-state index in [0.717, 1.165) is 46.6 Å². The normalized spacial score (nSPS) is 14.6. The molecule has 1 aliphatic rings. The Morgan fingerprint density at radius 2 is 1.73 bits per heavy atom. The van der Waals surface area contributed by atoms with Crippen LogP contribution in [-0.4, -0.2) is 59.9 Å². The van der Waals surface area contributed by atoms with Crippen molar-refractivity contribution >= 4 is 22.3 Å². The number of para-hydroxylation sites is 1. The van der Waals surface area contributed by atoms with Crippen molar-refractivity contribution in [2.75, 3.05) is 25.5 Å². The van der Waals surface area contributed by atoms with Crippen molar-refractivity contribution < 1.29 is 9.50 Å². The molecule has 5 aromatic rings. The number of fused-ring (bicyclic) bond motifs is 1. The molecule has 232 valence electrons. The first-order valence-electron chi connectivity index (χ1n) is 14.8. The Hall–Kier alpha value is -4.97. The van der Waals surface area contributed by atoms with Crippen molar-refractivity contribution in [3.8, 4) is 22.7 Å². The fourth-order valence-corrected chi connectivity index (χ4v) is 5.65. The lowest BCUT2D eigenvalue weighted by Crippen LogP contribution is -2.29. The van der Waals surface area contributed by atoms with Crippen LogP contribution in [0.25, 0.3) is 27.7 Å². The van der Waals surface area contributed by atoms with Gasteiger partial charge in [0.15, 0.2) is 11.6 Å². The Kier molecular flexibility index (Phi) is 7.69. The third kappa shape index (κ3) is 5.80. The van der Waals surface area contributed by atoms with Gasteiger partial charge in [0.1, 0.15) is 17.2 Å². The van der Waals surface area contributed by atoms with Gasteiger partial charge in [0.25, 0.3) is 11.1 Å². The number of anilines is 2. The number of nitrogens with zero attached hydrogens (tertiary/aromatic N) is 7. The Bertz CT molecular complexity index is 2020. The first-order chi connectivity index (χ1) is 21.4. The highest BCUT2D eigenvalue weighted by atomic mass is 19.1. The summed E-state index contributed by atoms with van der Waals surface area (Å²) in [5, 5.41) is 31.9. The number of aryl methyl sites for hydroxylation is 1. The molecule has 45 heavy (non-hydrogen) atoms. The second kappa shape index (κ2) is 11.5. The number of nitrogens with one attached hydrogen (secondary N) is 1. The predicted octanol–water partition coefficient (Wildman–Crippen LogP) is 4.63. The molecule has 0 spiro atoms. The van der Waals surface area contributed by atoms with E-state index in [2.05, 4.69) is 37.7 Å². The van der Waals surface area contributed by atoms with Crippen LogP contribution in [0, 0.1) is 5.82 Å². The van der Waals surface area contributed by atoms with Crippen LogP contribution in [0.3, 0.4) is 0 Å². The molecule has 1 saturated heterocycles. The summed E-state index contributed by atoms with van der Waals surface area (Å²) in [6.45, 7) is 7.90. The molecule has 12 heteroatoms. The van der Waals surface area contributed by atoms with Crippen LogP contribution in [0.1, 0.15) is 50.8 Å². The summed E-state index contributed by atoms with van der Waals surface area (Å²) < 4.78 is 17.4. The number of likely N-dealkylation sites (tertiary alicyclic amines) is 1. The molecule has 0 unspecified atom stereocenters. The second-order valence-electron chi connectivity index (χ2n) is 12.6. The third-order valence-corrected chi connectivity index (χ3v) is 8.37. The molecule has 1 aliphatic heterocycles. The van der Waals surface area contributed by atoms with Crippen molar-refractivity contribution in [2.24, 2.45) is 7.05 Å². The average Bonchev–Trinajstić information content (AvgIpc) is 3.00. The minimum absolute atomic E-state index is 0.0409. The number of aromatic hydroxyl groups is 1. The van der Waals surface area contributed by atoms with Gasteiger partial charge in [0.2, 0.25) is 0 Å². The van der Waals surface area contributed by atoms with E-state index in [4.69, 9.17) is 0 Å². The molecule has 0 radical (unpaired) electrons. The highest BCUT2D eigenvalue weighted by Gasteiger charge is 2.22. The summed E-state index contributed by atoms with van der Waals surface area (Å²) in [6.07, 6.45) is 3.44. The molecule has 0 amide bonds. The summed E-state index contributed by atoms with van der Waals surface area (Å²) in [5.74, 6) is -0.229. The number of rotatable bonds is 5. The minimum Gasteiger partial charge on any atom is -0.505 e. The molecule has 0 bridgehead atoms. The van der Waals surface area contributed by atoms with E-state index < -0.39 is 16.9 Å². The van der Waals surface area contributed by atoms with E-state index >= 15 is 4.39 Å². The van der Waals surface area contributed by atoms with Crippen molar-refractivity contribution in [1.82, 2.24) is 34.7 Å². The topological polar surface area (TPSA) is 131 Å². The van der Waals surface area contributed by atoms with Gasteiger partial charge in [-0.25, -0.2) is 9.07 Å². The Labute approximate surface area is 259 Å². The van der Waals surface area contributed by atoms with Gasteiger partial charge in [-0.3, -0.25) is 9.59 Å². The Morgan fingerprint density at radius 1 is 0.978 bits per heavy atom. The minimum atomic E-state index is -0.712. The maximum absolute atomic E-state index is 15.3. The monoisotopic (exact) mass is 610 g/mol. The number of piperidine rings is 1. The van der Waals surface area contributed by atoms with Gasteiger partial charge in [0, 0.05) is 23.9 Å². The summed E-state index contributed by atoms with van der Waals surface area (Å²) in [4.78, 5) is 28.8. The number of benzene rings is 2. The summed E-state index contributed by atoms with van der Waals surface area (Å²) in [7, 11) is 3.61. The number of hydrogen-bond acceptors (Lipinski definition) is 9. The molecule has 0 atom stereocenters. The van der Waals surface area contributed by atoms with Gasteiger partial charge in [0.05, 0.1) is 23.0 Å². The van der Waals surface area contributed by atoms with Gasteiger partial charge in [-0.1, -0.05) is 26.8 Å².